The summed E-state index contributed by atoms with van der Waals surface area (Å²) in [5.74, 6) is 1.16. The molecule has 0 spiro atoms. The molecule has 1 heterocycles. The van der Waals surface area contributed by atoms with Crippen molar-refractivity contribution in [1.82, 2.24) is 9.97 Å². The fourth-order valence-corrected chi connectivity index (χ4v) is 2.70. The van der Waals surface area contributed by atoms with Gasteiger partial charge in [0, 0.05) is 24.0 Å². The molecule has 1 aromatic heterocycles. The first-order valence-electron chi connectivity index (χ1n) is 8.90. The van der Waals surface area contributed by atoms with Crippen molar-refractivity contribution in [2.24, 2.45) is 0 Å². The monoisotopic (exact) mass is 362 g/mol. The van der Waals surface area contributed by atoms with Gasteiger partial charge in [-0.2, -0.15) is 0 Å². The summed E-state index contributed by atoms with van der Waals surface area (Å²) in [5.41, 5.74) is 2.42. The Hall–Kier alpha value is -3.41. The smallest absolute Gasteiger partial charge is 0.338 e. The van der Waals surface area contributed by atoms with Gasteiger partial charge in [0.15, 0.2) is 0 Å². The number of aromatic nitrogens is 2. The fraction of sp³-hybridized carbons (Fsp3) is 0.190. The maximum absolute atomic E-state index is 11.7. The number of nitrogens with one attached hydrogen (secondary N) is 1. The number of hydrogen-bond acceptors (Lipinski definition) is 6. The van der Waals surface area contributed by atoms with Gasteiger partial charge in [-0.15, -0.1) is 0 Å². The Balaban J connectivity index is 1.77. The van der Waals surface area contributed by atoms with Crippen molar-refractivity contribution >= 4 is 29.0 Å². The van der Waals surface area contributed by atoms with Crippen LogP contribution in [0.1, 0.15) is 24.2 Å². The number of carbonyl (C=O) groups is 1. The summed E-state index contributed by atoms with van der Waals surface area (Å²) in [5, 5.41) is 3.24. The van der Waals surface area contributed by atoms with Crippen LogP contribution in [-0.2, 0) is 4.74 Å². The Morgan fingerprint density at radius 2 is 1.78 bits per heavy atom. The Kier molecular flexibility index (Phi) is 5.99. The molecule has 0 bridgehead atoms. The minimum Gasteiger partial charge on any atom is -0.462 e. The van der Waals surface area contributed by atoms with E-state index in [0.29, 0.717) is 18.0 Å². The first-order valence-corrected chi connectivity index (χ1v) is 8.90. The van der Waals surface area contributed by atoms with E-state index in [9.17, 15) is 4.79 Å². The van der Waals surface area contributed by atoms with Crippen LogP contribution < -0.4 is 10.2 Å². The number of esters is 1. The predicted octanol–water partition coefficient (Wildman–Crippen LogP) is 4.55. The van der Waals surface area contributed by atoms with Crippen molar-refractivity contribution in [2.75, 3.05) is 23.4 Å². The van der Waals surface area contributed by atoms with Crippen molar-refractivity contribution in [3.05, 3.63) is 72.6 Å². The highest BCUT2D eigenvalue weighted by molar-refractivity contribution is 5.89. The highest BCUT2D eigenvalue weighted by Gasteiger charge is 2.10. The minimum absolute atomic E-state index is 0.324. The van der Waals surface area contributed by atoms with Crippen molar-refractivity contribution in [2.45, 2.75) is 13.8 Å². The predicted molar refractivity (Wildman–Crippen MR) is 107 cm³/mol. The zero-order valence-corrected chi connectivity index (χ0v) is 15.4. The lowest BCUT2D eigenvalue weighted by Gasteiger charge is -2.22. The van der Waals surface area contributed by atoms with Gasteiger partial charge < -0.3 is 15.0 Å². The van der Waals surface area contributed by atoms with E-state index in [1.165, 1.54) is 6.33 Å². The highest BCUT2D eigenvalue weighted by atomic mass is 16.5. The van der Waals surface area contributed by atoms with Gasteiger partial charge in [-0.3, -0.25) is 0 Å². The van der Waals surface area contributed by atoms with E-state index in [-0.39, 0.29) is 5.97 Å². The molecule has 0 aliphatic heterocycles. The van der Waals surface area contributed by atoms with Crippen molar-refractivity contribution in [3.63, 3.8) is 0 Å². The molecule has 0 aliphatic rings. The number of benzene rings is 2. The molecule has 0 saturated heterocycles. The summed E-state index contributed by atoms with van der Waals surface area (Å²) in [6.45, 7) is 5.01. The van der Waals surface area contributed by atoms with Gasteiger partial charge >= 0.3 is 5.97 Å². The van der Waals surface area contributed by atoms with Gasteiger partial charge in [0.05, 0.1) is 12.2 Å². The summed E-state index contributed by atoms with van der Waals surface area (Å²) in [4.78, 5) is 22.5. The van der Waals surface area contributed by atoms with Gasteiger partial charge in [0.25, 0.3) is 0 Å². The Labute approximate surface area is 158 Å². The molecule has 6 heteroatoms. The van der Waals surface area contributed by atoms with E-state index >= 15 is 0 Å². The highest BCUT2D eigenvalue weighted by Crippen LogP contribution is 2.25. The number of rotatable bonds is 7. The lowest BCUT2D eigenvalue weighted by Crippen LogP contribution is -2.17. The third kappa shape index (κ3) is 4.61. The van der Waals surface area contributed by atoms with Gasteiger partial charge in [-0.25, -0.2) is 14.8 Å². The number of anilines is 4. The van der Waals surface area contributed by atoms with E-state index in [1.54, 1.807) is 19.1 Å². The summed E-state index contributed by atoms with van der Waals surface area (Å²) in [7, 11) is 0. The molecule has 0 amide bonds. The van der Waals surface area contributed by atoms with Crippen LogP contribution in [0.2, 0.25) is 0 Å². The van der Waals surface area contributed by atoms with Gasteiger partial charge in [-0.05, 0) is 50.2 Å². The van der Waals surface area contributed by atoms with Crippen LogP contribution in [0.4, 0.5) is 23.0 Å². The van der Waals surface area contributed by atoms with Crippen LogP contribution in [0.3, 0.4) is 0 Å². The third-order valence-corrected chi connectivity index (χ3v) is 3.98. The van der Waals surface area contributed by atoms with E-state index in [4.69, 9.17) is 4.74 Å². The second-order valence-corrected chi connectivity index (χ2v) is 5.76. The molecule has 3 aromatic rings. The molecule has 1 N–H and O–H groups in total. The largest absolute Gasteiger partial charge is 0.462 e. The fourth-order valence-electron chi connectivity index (χ4n) is 2.70. The van der Waals surface area contributed by atoms with Gasteiger partial charge in [0.2, 0.25) is 0 Å². The van der Waals surface area contributed by atoms with Gasteiger partial charge in [0.1, 0.15) is 18.0 Å². The molecule has 0 atom stereocenters. The molecule has 0 unspecified atom stereocenters. The minimum atomic E-state index is -0.324. The average Bonchev–Trinajstić information content (AvgIpc) is 2.70. The van der Waals surface area contributed by atoms with Crippen LogP contribution in [0.15, 0.2) is 67.0 Å². The lowest BCUT2D eigenvalue weighted by molar-refractivity contribution is 0.0526. The molecular formula is C21H22N4O2. The second kappa shape index (κ2) is 8.80. The first-order chi connectivity index (χ1) is 13.2. The number of ether oxygens (including phenoxy) is 1. The van der Waals surface area contributed by atoms with Crippen molar-refractivity contribution in [1.29, 1.82) is 0 Å². The van der Waals surface area contributed by atoms with Gasteiger partial charge in [-0.1, -0.05) is 18.2 Å². The summed E-state index contributed by atoms with van der Waals surface area (Å²) in [6.07, 6.45) is 1.54. The van der Waals surface area contributed by atoms with E-state index in [0.717, 1.165) is 23.7 Å². The van der Waals surface area contributed by atoms with Crippen LogP contribution >= 0.6 is 0 Å². The molecule has 138 valence electrons. The molecular weight excluding hydrogens is 340 g/mol. The van der Waals surface area contributed by atoms with Crippen LogP contribution in [-0.4, -0.2) is 29.1 Å². The number of carbonyl (C=O) groups excluding carboxylic acids is 1. The SMILES string of the molecule is CCOC(=O)c1ccc(Nc2cc(N(CC)c3ccccc3)ncn2)cc1. The normalized spacial score (nSPS) is 10.3. The quantitative estimate of drug-likeness (QED) is 0.622. The number of hydrogen-bond donors (Lipinski definition) is 1. The third-order valence-electron chi connectivity index (χ3n) is 3.98. The van der Waals surface area contributed by atoms with Crippen molar-refractivity contribution in [3.8, 4) is 0 Å². The second-order valence-electron chi connectivity index (χ2n) is 5.76. The summed E-state index contributed by atoms with van der Waals surface area (Å²) >= 11 is 0. The van der Waals surface area contributed by atoms with Crippen LogP contribution in [0.5, 0.6) is 0 Å². The Bertz CT molecular complexity index is 882. The lowest BCUT2D eigenvalue weighted by atomic mass is 10.2. The van der Waals surface area contributed by atoms with E-state index in [1.807, 2.05) is 48.5 Å². The molecule has 6 nitrogen and oxygen atoms in total. The summed E-state index contributed by atoms with van der Waals surface area (Å²) in [6, 6.07) is 19.1. The van der Waals surface area contributed by atoms with Crippen molar-refractivity contribution < 1.29 is 9.53 Å². The Morgan fingerprint density at radius 1 is 1.04 bits per heavy atom. The molecule has 27 heavy (non-hydrogen) atoms. The molecule has 0 fully saturated rings. The maximum atomic E-state index is 11.7. The van der Waals surface area contributed by atoms with Crippen LogP contribution in [0, 0.1) is 0 Å². The topological polar surface area (TPSA) is 67.3 Å². The molecule has 0 saturated carbocycles. The number of para-hydroxylation sites is 1. The molecule has 0 radical (unpaired) electrons. The van der Waals surface area contributed by atoms with Crippen LogP contribution in [0.25, 0.3) is 0 Å². The molecule has 0 aliphatic carbocycles. The maximum Gasteiger partial charge on any atom is 0.338 e. The summed E-state index contributed by atoms with van der Waals surface area (Å²) < 4.78 is 5.00. The number of nitrogens with zero attached hydrogens (tertiary/aromatic N) is 3. The zero-order chi connectivity index (χ0) is 19.1. The standard InChI is InChI=1S/C21H22N4O2/c1-3-25(18-8-6-5-7-9-18)20-14-19(22-15-23-20)24-17-12-10-16(11-13-17)21(26)27-4-2/h5-15H,3-4H2,1-2H3,(H,22,23,24). The molecule has 2 aromatic carbocycles. The van der Waals surface area contributed by atoms with E-state index in [2.05, 4.69) is 27.1 Å². The van der Waals surface area contributed by atoms with E-state index < -0.39 is 0 Å². The molecule has 3 rings (SSSR count). The average molecular weight is 362 g/mol. The zero-order valence-electron chi connectivity index (χ0n) is 15.4. The Morgan fingerprint density at radius 3 is 2.44 bits per heavy atom. The first kappa shape index (κ1) is 18.4.